The second kappa shape index (κ2) is 20.2. The lowest BCUT2D eigenvalue weighted by atomic mass is 9.70. The molecule has 298 valence electrons. The van der Waals surface area contributed by atoms with E-state index in [1.807, 2.05) is 0 Å². The van der Waals surface area contributed by atoms with Crippen LogP contribution in [-0.4, -0.2) is 0 Å². The fourth-order valence-corrected chi connectivity index (χ4v) is 12.0. The van der Waals surface area contributed by atoms with E-state index in [1.54, 1.807) is 27.1 Å². The van der Waals surface area contributed by atoms with Crippen LogP contribution < -0.4 is 0 Å². The van der Waals surface area contributed by atoms with Crippen LogP contribution in [0.1, 0.15) is 215 Å². The van der Waals surface area contributed by atoms with Crippen LogP contribution in [0.3, 0.4) is 0 Å². The Labute approximate surface area is 342 Å². The van der Waals surface area contributed by atoms with Crippen molar-refractivity contribution in [1.82, 2.24) is 0 Å². The van der Waals surface area contributed by atoms with Crippen molar-refractivity contribution < 1.29 is 0 Å². The minimum Gasteiger partial charge on any atom is -0.135 e. The summed E-state index contributed by atoms with van der Waals surface area (Å²) in [6.07, 6.45) is 32.2. The fraction of sp³-hybridized carbons (Fsp3) is 0.593. The van der Waals surface area contributed by atoms with Crippen molar-refractivity contribution in [2.45, 2.75) is 206 Å². The van der Waals surface area contributed by atoms with Gasteiger partial charge in [-0.25, -0.2) is 0 Å². The third-order valence-electron chi connectivity index (χ3n) is 13.8. The van der Waals surface area contributed by atoms with E-state index in [0.29, 0.717) is 0 Å². The van der Waals surface area contributed by atoms with E-state index in [1.165, 1.54) is 192 Å². The molecule has 0 fully saturated rings. The summed E-state index contributed by atoms with van der Waals surface area (Å²) in [5.41, 5.74) is 15.7. The average molecular weight is 757 g/mol. The van der Waals surface area contributed by atoms with Crippen LogP contribution in [0.15, 0.2) is 60.7 Å². The molecular weight excluding hydrogens is 681 g/mol. The van der Waals surface area contributed by atoms with Gasteiger partial charge in [-0.3, -0.25) is 0 Å². The van der Waals surface area contributed by atoms with Gasteiger partial charge in [0, 0.05) is 20.6 Å². The predicted molar refractivity (Wildman–Crippen MR) is 245 cm³/mol. The Bertz CT molecular complexity index is 1770. The summed E-state index contributed by atoms with van der Waals surface area (Å²) >= 11 is 2.10. The van der Waals surface area contributed by atoms with Crippen molar-refractivity contribution in [2.24, 2.45) is 0 Å². The number of hydrogen-bond acceptors (Lipinski definition) is 1. The van der Waals surface area contributed by atoms with Crippen molar-refractivity contribution in [2.75, 3.05) is 0 Å². The van der Waals surface area contributed by atoms with E-state index in [9.17, 15) is 0 Å². The fourth-order valence-electron chi connectivity index (χ4n) is 10.7. The maximum Gasteiger partial charge on any atom is 0.0393 e. The molecule has 4 aromatic rings. The van der Waals surface area contributed by atoms with Gasteiger partial charge in [-0.1, -0.05) is 216 Å². The zero-order valence-corrected chi connectivity index (χ0v) is 37.0. The molecule has 0 amide bonds. The Balaban J connectivity index is 1.41. The summed E-state index contributed by atoms with van der Waals surface area (Å²) in [4.78, 5) is 3.06. The first kappa shape index (κ1) is 42.0. The van der Waals surface area contributed by atoms with Crippen molar-refractivity contribution in [3.63, 3.8) is 0 Å². The van der Waals surface area contributed by atoms with Crippen molar-refractivity contribution in [3.05, 3.63) is 94.0 Å². The molecule has 2 aliphatic rings. The zero-order valence-electron chi connectivity index (χ0n) is 36.2. The molecule has 6 rings (SSSR count). The molecule has 0 bridgehead atoms. The van der Waals surface area contributed by atoms with Gasteiger partial charge >= 0.3 is 0 Å². The molecule has 1 aromatic heterocycles. The van der Waals surface area contributed by atoms with E-state index in [4.69, 9.17) is 0 Å². The molecule has 0 spiro atoms. The van der Waals surface area contributed by atoms with E-state index in [0.717, 1.165) is 0 Å². The monoisotopic (exact) mass is 757 g/mol. The first-order chi connectivity index (χ1) is 26.9. The summed E-state index contributed by atoms with van der Waals surface area (Å²) in [5.74, 6) is 0. The van der Waals surface area contributed by atoms with Crippen LogP contribution in [0, 0.1) is 13.8 Å². The molecular formula is C54H76S. The van der Waals surface area contributed by atoms with Gasteiger partial charge in [-0.15, -0.1) is 11.3 Å². The highest BCUT2D eigenvalue weighted by atomic mass is 32.1. The van der Waals surface area contributed by atoms with Crippen molar-refractivity contribution in [3.8, 4) is 32.0 Å². The molecule has 0 radical (unpaired) electrons. The minimum absolute atomic E-state index is 0.120. The second-order valence-corrected chi connectivity index (χ2v) is 19.1. The van der Waals surface area contributed by atoms with Gasteiger partial charge in [-0.05, 0) is 96.2 Å². The van der Waals surface area contributed by atoms with Gasteiger partial charge in [0.25, 0.3) is 0 Å². The molecule has 0 atom stereocenters. The molecule has 0 saturated heterocycles. The van der Waals surface area contributed by atoms with Gasteiger partial charge in [0.2, 0.25) is 0 Å². The molecule has 3 aromatic carbocycles. The quantitative estimate of drug-likeness (QED) is 0.0591. The highest BCUT2D eigenvalue weighted by Gasteiger charge is 2.45. The molecule has 0 aliphatic heterocycles. The maximum atomic E-state index is 2.71. The third kappa shape index (κ3) is 9.24. The summed E-state index contributed by atoms with van der Waals surface area (Å²) < 4.78 is 0. The van der Waals surface area contributed by atoms with Gasteiger partial charge in [0.1, 0.15) is 0 Å². The number of aryl methyl sites for hydroxylation is 2. The number of hydrogen-bond donors (Lipinski definition) is 0. The summed E-state index contributed by atoms with van der Waals surface area (Å²) in [5, 5.41) is 0. The number of fused-ring (bicyclic) bond motifs is 6. The molecule has 2 aliphatic carbocycles. The van der Waals surface area contributed by atoms with E-state index < -0.39 is 0 Å². The van der Waals surface area contributed by atoms with E-state index in [-0.39, 0.29) is 10.8 Å². The Morgan fingerprint density at radius 2 is 0.764 bits per heavy atom. The van der Waals surface area contributed by atoms with E-state index >= 15 is 0 Å². The molecule has 0 saturated carbocycles. The molecule has 0 nitrogen and oxygen atoms in total. The lowest BCUT2D eigenvalue weighted by Crippen LogP contribution is -2.26. The van der Waals surface area contributed by atoms with Crippen molar-refractivity contribution >= 4 is 11.3 Å². The summed E-state index contributed by atoms with van der Waals surface area (Å²) in [7, 11) is 0. The molecule has 0 unspecified atom stereocenters. The first-order valence-corrected chi connectivity index (χ1v) is 24.3. The van der Waals surface area contributed by atoms with E-state index in [2.05, 4.69) is 114 Å². The largest absolute Gasteiger partial charge is 0.135 e. The minimum atomic E-state index is 0.120. The smallest absolute Gasteiger partial charge is 0.0393 e. The van der Waals surface area contributed by atoms with Gasteiger partial charge < -0.3 is 0 Å². The first-order valence-electron chi connectivity index (χ1n) is 23.4. The number of thiophene rings is 1. The van der Waals surface area contributed by atoms with Gasteiger partial charge in [0.15, 0.2) is 0 Å². The Morgan fingerprint density at radius 3 is 1.27 bits per heavy atom. The Kier molecular flexibility index (Phi) is 15.4. The zero-order chi connectivity index (χ0) is 38.7. The van der Waals surface area contributed by atoms with Crippen LogP contribution in [0.2, 0.25) is 0 Å². The average Bonchev–Trinajstić information content (AvgIpc) is 3.82. The number of benzene rings is 3. The van der Waals surface area contributed by atoms with Gasteiger partial charge in [0.05, 0.1) is 0 Å². The predicted octanol–water partition coefficient (Wildman–Crippen LogP) is 18.0. The lowest BCUT2D eigenvalue weighted by Gasteiger charge is -2.33. The van der Waals surface area contributed by atoms with Crippen LogP contribution in [0.25, 0.3) is 32.0 Å². The molecule has 1 heteroatoms. The maximum absolute atomic E-state index is 2.71. The summed E-state index contributed by atoms with van der Waals surface area (Å²) in [6, 6.07) is 25.3. The van der Waals surface area contributed by atoms with Crippen LogP contribution >= 0.6 is 11.3 Å². The highest BCUT2D eigenvalue weighted by Crippen LogP contribution is 2.60. The summed E-state index contributed by atoms with van der Waals surface area (Å²) in [6.45, 7) is 14.0. The van der Waals surface area contributed by atoms with Crippen LogP contribution in [0.4, 0.5) is 0 Å². The number of rotatable bonds is 25. The second-order valence-electron chi connectivity index (χ2n) is 18.0. The van der Waals surface area contributed by atoms with Crippen molar-refractivity contribution in [1.29, 1.82) is 0 Å². The number of unbranched alkanes of at least 4 members (excludes halogenated alkanes) is 16. The van der Waals surface area contributed by atoms with Crippen LogP contribution in [-0.2, 0) is 10.8 Å². The Hall–Kier alpha value is -2.64. The SMILES string of the molecule is CCCCCCCCC1(CCCCCCCC)c2cc(C)ccc2-c2ccc(-c3cc4c(s3)-c3ccc(C)cc3C4(CCCCCC)CCCCCC)cc21. The van der Waals surface area contributed by atoms with Crippen LogP contribution in [0.5, 0.6) is 0 Å². The topological polar surface area (TPSA) is 0 Å². The molecule has 55 heavy (non-hydrogen) atoms. The molecule has 0 N–H and O–H groups in total. The molecule has 1 heterocycles. The third-order valence-corrected chi connectivity index (χ3v) is 15.0. The Morgan fingerprint density at radius 1 is 0.382 bits per heavy atom. The highest BCUT2D eigenvalue weighted by molar-refractivity contribution is 7.19. The lowest BCUT2D eigenvalue weighted by molar-refractivity contribution is 0.398. The standard InChI is InChI=1S/C54H76S/c1-7-11-15-19-21-25-33-53(34-26-22-20-16-12-8-2)47-37-41(5)27-30-44(47)45-32-29-43(39-49(45)53)51-40-50-52(55-51)46-31-28-42(6)38-48(46)54(50,35-23-17-13-9-3)36-24-18-14-10-4/h27-32,37-40H,7-26,33-36H2,1-6H3. The normalized spacial score (nSPS) is 14.6. The van der Waals surface area contributed by atoms with Gasteiger partial charge in [-0.2, -0.15) is 0 Å².